The van der Waals surface area contributed by atoms with Gasteiger partial charge < -0.3 is 20.6 Å². The van der Waals surface area contributed by atoms with Gasteiger partial charge in [0.2, 0.25) is 0 Å². The molecule has 0 bridgehead atoms. The second-order valence-corrected chi connectivity index (χ2v) is 8.87. The van der Waals surface area contributed by atoms with Crippen LogP contribution in [0.2, 0.25) is 5.02 Å². The molecule has 1 aliphatic carbocycles. The number of fused-ring (bicyclic) bond motifs is 2. The quantitative estimate of drug-likeness (QED) is 0.308. The molecule has 0 spiro atoms. The van der Waals surface area contributed by atoms with Crippen molar-refractivity contribution in [3.05, 3.63) is 57.6 Å². The summed E-state index contributed by atoms with van der Waals surface area (Å²) < 4.78 is 42.4. The average Bonchev–Trinajstić information content (AvgIpc) is 3.37. The van der Waals surface area contributed by atoms with Gasteiger partial charge in [0.1, 0.15) is 11.6 Å². The first kappa shape index (κ1) is 23.5. The number of pyridine rings is 2. The van der Waals surface area contributed by atoms with Crippen LogP contribution in [-0.2, 0) is 12.3 Å². The van der Waals surface area contributed by atoms with E-state index in [0.29, 0.717) is 17.4 Å². The van der Waals surface area contributed by atoms with Gasteiger partial charge in [-0.25, -0.2) is 19.3 Å². The van der Waals surface area contributed by atoms with Crippen LogP contribution < -0.4 is 11.0 Å². The summed E-state index contributed by atoms with van der Waals surface area (Å²) >= 11 is 5.83. The molecule has 1 saturated carbocycles. The third-order valence-corrected chi connectivity index (χ3v) is 6.29. The number of halogens is 4. The molecule has 0 radical (unpaired) electrons. The number of aliphatic hydroxyl groups is 3. The zero-order chi connectivity index (χ0) is 25.1. The Morgan fingerprint density at radius 2 is 1.74 bits per heavy atom. The first-order chi connectivity index (χ1) is 16.4. The minimum Gasteiger partial charge on any atom is -0.325 e. The van der Waals surface area contributed by atoms with Crippen LogP contribution in [0.4, 0.5) is 24.8 Å². The van der Waals surface area contributed by atoms with Gasteiger partial charge in [-0.3, -0.25) is 4.57 Å². The Hall–Kier alpha value is -3.19. The number of benzene rings is 1. The molecule has 1 fully saturated rings. The van der Waals surface area contributed by atoms with Crippen molar-refractivity contribution in [2.45, 2.75) is 44.0 Å². The summed E-state index contributed by atoms with van der Waals surface area (Å²) in [5, 5.41) is 32.2. The molecule has 0 saturated heterocycles. The van der Waals surface area contributed by atoms with Gasteiger partial charge in [-0.2, -0.15) is 13.2 Å². The van der Waals surface area contributed by atoms with E-state index in [4.69, 9.17) is 11.6 Å². The molecule has 3 aromatic heterocycles. The molecule has 184 valence electrons. The van der Waals surface area contributed by atoms with Crippen LogP contribution in [0.3, 0.4) is 0 Å². The molecule has 0 unspecified atom stereocenters. The fourth-order valence-electron chi connectivity index (χ4n) is 4.61. The van der Waals surface area contributed by atoms with Crippen LogP contribution in [0.15, 0.2) is 41.3 Å². The fraction of sp³-hybridized carbons (Fsp3) is 0.318. The summed E-state index contributed by atoms with van der Waals surface area (Å²) in [5.41, 5.74) is -1.87. The first-order valence-corrected chi connectivity index (χ1v) is 11.1. The first-order valence-electron chi connectivity index (χ1n) is 10.7. The summed E-state index contributed by atoms with van der Waals surface area (Å²) in [6.07, 6.45) is -3.81. The summed E-state index contributed by atoms with van der Waals surface area (Å²) in [7, 11) is 0. The van der Waals surface area contributed by atoms with Crippen LogP contribution in [0.5, 0.6) is 0 Å². The molecule has 35 heavy (non-hydrogen) atoms. The van der Waals surface area contributed by atoms with Gasteiger partial charge in [-0.1, -0.05) is 24.4 Å². The van der Waals surface area contributed by atoms with E-state index in [1.165, 1.54) is 28.8 Å². The lowest BCUT2D eigenvalue weighted by molar-refractivity contribution is -0.374. The number of nitrogens with zero attached hydrogens (tertiary/aromatic N) is 4. The highest BCUT2D eigenvalue weighted by Crippen LogP contribution is 2.37. The largest absolute Gasteiger partial charge is 0.418 e. The minimum absolute atomic E-state index is 0.0274. The van der Waals surface area contributed by atoms with Gasteiger partial charge in [-0.15, -0.1) is 0 Å². The molecule has 9 nitrogen and oxygen atoms in total. The van der Waals surface area contributed by atoms with Crippen molar-refractivity contribution in [1.82, 2.24) is 19.1 Å². The molecule has 0 aliphatic heterocycles. The standard InChI is InChI=1S/C22H19ClF3N5O4/c23-12-7-11-5-6-17(29-19(11)14(8-12)21(24,25)26)28-18-9-15-16(10-27-18)31(22(33,34)35)20(32)30(15)13-3-1-2-4-13/h5-10,13,33-35H,1-4H2,(H,27,28,29). The lowest BCUT2D eigenvalue weighted by atomic mass is 10.1. The van der Waals surface area contributed by atoms with Crippen molar-refractivity contribution in [2.75, 3.05) is 5.32 Å². The highest BCUT2D eigenvalue weighted by Gasteiger charge is 2.34. The van der Waals surface area contributed by atoms with Crippen molar-refractivity contribution in [3.8, 4) is 0 Å². The van der Waals surface area contributed by atoms with E-state index in [9.17, 15) is 33.3 Å². The van der Waals surface area contributed by atoms with Crippen LogP contribution in [0.1, 0.15) is 37.3 Å². The molecule has 1 aromatic carbocycles. The topological polar surface area (TPSA) is 125 Å². The maximum Gasteiger partial charge on any atom is 0.418 e. The Kier molecular flexibility index (Phi) is 5.51. The van der Waals surface area contributed by atoms with E-state index in [1.807, 2.05) is 0 Å². The van der Waals surface area contributed by atoms with Crippen molar-refractivity contribution in [3.63, 3.8) is 0 Å². The Morgan fingerprint density at radius 3 is 2.40 bits per heavy atom. The number of hydrogen-bond acceptors (Lipinski definition) is 7. The molecule has 5 rings (SSSR count). The number of nitrogens with one attached hydrogen (secondary N) is 1. The third kappa shape index (κ3) is 4.22. The Morgan fingerprint density at radius 1 is 1.03 bits per heavy atom. The van der Waals surface area contributed by atoms with Crippen molar-refractivity contribution in [1.29, 1.82) is 0 Å². The monoisotopic (exact) mass is 509 g/mol. The van der Waals surface area contributed by atoms with E-state index in [1.54, 1.807) is 0 Å². The Balaban J connectivity index is 1.61. The van der Waals surface area contributed by atoms with E-state index in [2.05, 4.69) is 15.3 Å². The zero-order valence-corrected chi connectivity index (χ0v) is 18.7. The predicted molar refractivity (Wildman–Crippen MR) is 121 cm³/mol. The Bertz CT molecular complexity index is 1500. The molecule has 4 aromatic rings. The van der Waals surface area contributed by atoms with Gasteiger partial charge >= 0.3 is 18.0 Å². The van der Waals surface area contributed by atoms with Crippen LogP contribution >= 0.6 is 11.6 Å². The molecule has 13 heteroatoms. The van der Waals surface area contributed by atoms with Crippen molar-refractivity contribution < 1.29 is 28.5 Å². The number of rotatable bonds is 4. The summed E-state index contributed by atoms with van der Waals surface area (Å²) in [6, 6.07) is 6.30. The lowest BCUT2D eigenvalue weighted by Crippen LogP contribution is -2.41. The van der Waals surface area contributed by atoms with Gasteiger partial charge in [0.15, 0.2) is 0 Å². The fourth-order valence-corrected chi connectivity index (χ4v) is 4.83. The number of imidazole rings is 1. The average molecular weight is 510 g/mol. The normalized spacial score (nSPS) is 15.4. The molecule has 4 N–H and O–H groups in total. The van der Waals surface area contributed by atoms with Gasteiger partial charge in [0.25, 0.3) is 0 Å². The van der Waals surface area contributed by atoms with E-state index in [0.717, 1.165) is 25.1 Å². The maximum atomic E-state index is 13.5. The Labute approximate surface area is 200 Å². The summed E-state index contributed by atoms with van der Waals surface area (Å²) in [5.74, 6) is 0.211. The zero-order valence-electron chi connectivity index (χ0n) is 17.9. The molecule has 3 heterocycles. The van der Waals surface area contributed by atoms with Crippen molar-refractivity contribution in [2.24, 2.45) is 0 Å². The van der Waals surface area contributed by atoms with E-state index in [-0.39, 0.29) is 44.6 Å². The van der Waals surface area contributed by atoms with Gasteiger partial charge in [0, 0.05) is 22.5 Å². The predicted octanol–water partition coefficient (Wildman–Crippen LogP) is 3.82. The molecule has 0 atom stereocenters. The highest BCUT2D eigenvalue weighted by molar-refractivity contribution is 6.31. The summed E-state index contributed by atoms with van der Waals surface area (Å²) in [4.78, 5) is 21.2. The summed E-state index contributed by atoms with van der Waals surface area (Å²) in [6.45, 7) is 0. The second-order valence-electron chi connectivity index (χ2n) is 8.43. The molecule has 0 amide bonds. The van der Waals surface area contributed by atoms with E-state index >= 15 is 0 Å². The number of alkyl halides is 3. The molecule has 1 aliphatic rings. The highest BCUT2D eigenvalue weighted by atomic mass is 35.5. The SMILES string of the molecule is O=c1n(C2CCCC2)c2cc(Nc3ccc4cc(Cl)cc(C(F)(F)F)c4n3)ncc2n1C(O)(O)O. The van der Waals surface area contributed by atoms with Crippen LogP contribution in [0.25, 0.3) is 21.9 Å². The van der Waals surface area contributed by atoms with E-state index < -0.39 is 23.5 Å². The van der Waals surface area contributed by atoms with Gasteiger partial charge in [-0.05, 0) is 37.1 Å². The van der Waals surface area contributed by atoms with Gasteiger partial charge in [0.05, 0.1) is 28.3 Å². The maximum absolute atomic E-state index is 13.5. The number of hydrogen-bond donors (Lipinski definition) is 4. The van der Waals surface area contributed by atoms with Crippen LogP contribution in [0, 0.1) is 0 Å². The minimum atomic E-state index is -4.67. The van der Waals surface area contributed by atoms with Crippen LogP contribution in [-0.4, -0.2) is 34.4 Å². The smallest absolute Gasteiger partial charge is 0.325 e. The molecular weight excluding hydrogens is 491 g/mol. The third-order valence-electron chi connectivity index (χ3n) is 6.07. The molecular formula is C22H19ClF3N5O4. The second kappa shape index (κ2) is 8.19. The van der Waals surface area contributed by atoms with Crippen molar-refractivity contribution >= 4 is 45.2 Å². The number of aromatic nitrogens is 4. The number of anilines is 2. The lowest BCUT2D eigenvalue weighted by Gasteiger charge is -2.15.